The van der Waals surface area contributed by atoms with Gasteiger partial charge in [0.2, 0.25) is 5.91 Å². The normalized spacial score (nSPS) is 18.8. The van der Waals surface area contributed by atoms with Crippen molar-refractivity contribution < 1.29 is 19.1 Å². The maximum absolute atomic E-state index is 12.1. The van der Waals surface area contributed by atoms with Gasteiger partial charge in [-0.05, 0) is 38.5 Å². The van der Waals surface area contributed by atoms with E-state index in [1.165, 1.54) is 0 Å². The van der Waals surface area contributed by atoms with Crippen LogP contribution >= 0.6 is 0 Å². The Labute approximate surface area is 174 Å². The molecule has 2 aromatic rings. The Bertz CT molecular complexity index is 1000. The number of likely N-dealkylation sites (tertiary alicyclic amines) is 1. The molecule has 30 heavy (non-hydrogen) atoms. The van der Waals surface area contributed by atoms with Gasteiger partial charge in [0.15, 0.2) is 0 Å². The number of piperidine rings is 1. The van der Waals surface area contributed by atoms with Crippen LogP contribution in [-0.4, -0.2) is 53.0 Å². The molecule has 0 saturated carbocycles. The number of hydrogen-bond donors (Lipinski definition) is 2. The fourth-order valence-corrected chi connectivity index (χ4v) is 3.42. The van der Waals surface area contributed by atoms with E-state index in [0.29, 0.717) is 41.9 Å². The fourth-order valence-electron chi connectivity index (χ4n) is 3.42. The van der Waals surface area contributed by atoms with Gasteiger partial charge in [-0.1, -0.05) is 0 Å². The Balaban J connectivity index is 1.94. The number of ether oxygens (including phenoxy) is 2. The van der Waals surface area contributed by atoms with Crippen LogP contribution in [0.25, 0.3) is 10.9 Å². The molecule has 158 valence electrons. The molecular weight excluding hydrogens is 386 g/mol. The summed E-state index contributed by atoms with van der Waals surface area (Å²) in [6.07, 6.45) is 1.35. The van der Waals surface area contributed by atoms with E-state index < -0.39 is 12.0 Å². The zero-order chi connectivity index (χ0) is 21.8. The fraction of sp³-hybridized carbons (Fsp3) is 0.429. The van der Waals surface area contributed by atoms with Crippen LogP contribution in [0, 0.1) is 11.3 Å². The van der Waals surface area contributed by atoms with Crippen LogP contribution < -0.4 is 20.9 Å². The summed E-state index contributed by atoms with van der Waals surface area (Å²) in [6, 6.07) is 6.57. The number of nitriles is 1. The monoisotopic (exact) mass is 411 g/mol. The number of aromatic nitrogens is 1. The molecule has 1 fully saturated rings. The third-order valence-corrected chi connectivity index (χ3v) is 4.90. The van der Waals surface area contributed by atoms with Gasteiger partial charge < -0.3 is 25.8 Å². The number of carbonyl (C=O) groups excluding carboxylic acids is 2. The second-order valence-corrected chi connectivity index (χ2v) is 7.49. The molecule has 0 bridgehead atoms. The van der Waals surface area contributed by atoms with Crippen LogP contribution in [0.15, 0.2) is 24.4 Å². The molecule has 9 heteroatoms. The second kappa shape index (κ2) is 8.97. The van der Waals surface area contributed by atoms with E-state index in [-0.39, 0.29) is 30.0 Å². The number of carbonyl (C=O) groups is 2. The molecule has 1 saturated heterocycles. The summed E-state index contributed by atoms with van der Waals surface area (Å²) in [5.74, 6) is 0.0132. The Kier molecular flexibility index (Phi) is 6.37. The molecule has 2 heterocycles. The number of hydrogen-bond acceptors (Lipinski definition) is 7. The minimum absolute atomic E-state index is 0.159. The van der Waals surface area contributed by atoms with Gasteiger partial charge in [0.25, 0.3) is 5.91 Å². The molecule has 1 aromatic heterocycles. The molecule has 0 unspecified atom stereocenters. The number of fused-ring (bicyclic) bond motifs is 1. The summed E-state index contributed by atoms with van der Waals surface area (Å²) < 4.78 is 12.0. The van der Waals surface area contributed by atoms with Crippen LogP contribution in [0.2, 0.25) is 0 Å². The van der Waals surface area contributed by atoms with Crippen molar-refractivity contribution in [2.75, 3.05) is 13.1 Å². The second-order valence-electron chi connectivity index (χ2n) is 7.49. The van der Waals surface area contributed by atoms with Crippen molar-refractivity contribution in [2.24, 2.45) is 11.5 Å². The van der Waals surface area contributed by atoms with Gasteiger partial charge in [-0.2, -0.15) is 5.26 Å². The molecule has 0 radical (unpaired) electrons. The lowest BCUT2D eigenvalue weighted by molar-refractivity contribution is -0.133. The molecule has 4 N–H and O–H groups in total. The zero-order valence-electron chi connectivity index (χ0n) is 17.0. The number of nitrogens with two attached hydrogens (primary N) is 2. The number of nitrogens with zero attached hydrogens (tertiary/aromatic N) is 3. The first-order valence-corrected chi connectivity index (χ1v) is 9.76. The Morgan fingerprint density at radius 3 is 2.80 bits per heavy atom. The van der Waals surface area contributed by atoms with Crippen molar-refractivity contribution in [2.45, 2.75) is 44.9 Å². The molecule has 0 aliphatic carbocycles. The highest BCUT2D eigenvalue weighted by molar-refractivity contribution is 6.01. The third kappa shape index (κ3) is 4.60. The van der Waals surface area contributed by atoms with E-state index in [1.807, 2.05) is 19.9 Å². The maximum Gasteiger partial charge on any atom is 0.252 e. The van der Waals surface area contributed by atoms with E-state index in [4.69, 9.17) is 26.2 Å². The van der Waals surface area contributed by atoms with Crippen LogP contribution in [0.3, 0.4) is 0 Å². The van der Waals surface area contributed by atoms with Crippen LogP contribution in [0.1, 0.15) is 37.0 Å². The minimum atomic E-state index is -0.610. The van der Waals surface area contributed by atoms with Crippen molar-refractivity contribution in [3.05, 3.63) is 30.0 Å². The number of primary amides is 1. The van der Waals surface area contributed by atoms with E-state index in [1.54, 1.807) is 29.3 Å². The predicted molar refractivity (Wildman–Crippen MR) is 110 cm³/mol. The molecule has 3 rings (SSSR count). The summed E-state index contributed by atoms with van der Waals surface area (Å²) in [7, 11) is 0. The van der Waals surface area contributed by atoms with Crippen LogP contribution in [0.4, 0.5) is 0 Å². The van der Waals surface area contributed by atoms with Gasteiger partial charge in [-0.15, -0.1) is 0 Å². The van der Waals surface area contributed by atoms with Crippen molar-refractivity contribution >= 4 is 22.7 Å². The van der Waals surface area contributed by atoms with Crippen molar-refractivity contribution in [1.29, 1.82) is 5.26 Å². The first-order valence-electron chi connectivity index (χ1n) is 9.76. The first kappa shape index (κ1) is 21.3. The van der Waals surface area contributed by atoms with Gasteiger partial charge in [0, 0.05) is 24.2 Å². The average molecular weight is 411 g/mol. The lowest BCUT2D eigenvalue weighted by atomic mass is 10.0. The molecule has 1 aromatic carbocycles. The quantitative estimate of drug-likeness (QED) is 0.729. The van der Waals surface area contributed by atoms with Crippen molar-refractivity contribution in [3.63, 3.8) is 0 Å². The Hall–Kier alpha value is -3.38. The van der Waals surface area contributed by atoms with Gasteiger partial charge >= 0.3 is 0 Å². The lowest BCUT2D eigenvalue weighted by Gasteiger charge is -2.36. The van der Waals surface area contributed by atoms with Crippen LogP contribution in [-0.2, 0) is 4.79 Å². The molecule has 9 nitrogen and oxygen atoms in total. The standard InChI is InChI=1S/C21H25N5O4/c1-12(2)29-18-10-13-16(9-14(18)21(24)28)25-7-4-17(13)30-19-11-26(8-5-15(19)23)20(27)3-6-22/h4,7,9-10,12,15,19H,3,5,8,11,23H2,1-2H3,(H2,24,28)/t15-,19-/m0/s1. The number of rotatable bonds is 6. The predicted octanol–water partition coefficient (Wildman–Crippen LogP) is 1.34. The Morgan fingerprint density at radius 1 is 1.37 bits per heavy atom. The van der Waals surface area contributed by atoms with Gasteiger partial charge in [0.1, 0.15) is 24.0 Å². The topological polar surface area (TPSA) is 145 Å². The SMILES string of the molecule is CC(C)Oc1cc2c(O[C@H]3CN(C(=O)CC#N)CC[C@@H]3N)ccnc2cc1C(N)=O. The summed E-state index contributed by atoms with van der Waals surface area (Å²) >= 11 is 0. The highest BCUT2D eigenvalue weighted by atomic mass is 16.5. The van der Waals surface area contributed by atoms with E-state index in [9.17, 15) is 9.59 Å². The van der Waals surface area contributed by atoms with E-state index >= 15 is 0 Å². The Morgan fingerprint density at radius 2 is 2.13 bits per heavy atom. The highest BCUT2D eigenvalue weighted by Gasteiger charge is 2.31. The third-order valence-electron chi connectivity index (χ3n) is 4.90. The summed E-state index contributed by atoms with van der Waals surface area (Å²) in [4.78, 5) is 29.9. The zero-order valence-corrected chi connectivity index (χ0v) is 17.0. The number of pyridine rings is 1. The molecule has 1 aliphatic rings. The maximum atomic E-state index is 12.1. The lowest BCUT2D eigenvalue weighted by Crippen LogP contribution is -2.54. The summed E-state index contributed by atoms with van der Waals surface area (Å²) in [6.45, 7) is 4.49. The van der Waals surface area contributed by atoms with Gasteiger partial charge in [0.05, 0.1) is 29.8 Å². The molecular formula is C21H25N5O4. The molecule has 1 aliphatic heterocycles. The van der Waals surface area contributed by atoms with Crippen molar-refractivity contribution in [1.82, 2.24) is 9.88 Å². The van der Waals surface area contributed by atoms with Crippen molar-refractivity contribution in [3.8, 4) is 17.6 Å². The van der Waals surface area contributed by atoms with E-state index in [0.717, 1.165) is 0 Å². The number of amides is 2. The summed E-state index contributed by atoms with van der Waals surface area (Å²) in [5.41, 5.74) is 12.5. The molecule has 0 spiro atoms. The highest BCUT2D eigenvalue weighted by Crippen LogP contribution is 2.32. The smallest absolute Gasteiger partial charge is 0.252 e. The van der Waals surface area contributed by atoms with Gasteiger partial charge in [-0.3, -0.25) is 14.6 Å². The largest absolute Gasteiger partial charge is 0.490 e. The molecule has 2 amide bonds. The average Bonchev–Trinajstić information content (AvgIpc) is 2.69. The number of benzene rings is 1. The van der Waals surface area contributed by atoms with E-state index in [2.05, 4.69) is 4.98 Å². The summed E-state index contributed by atoms with van der Waals surface area (Å²) in [5, 5.41) is 9.43. The minimum Gasteiger partial charge on any atom is -0.490 e. The van der Waals surface area contributed by atoms with Gasteiger partial charge in [-0.25, -0.2) is 0 Å². The molecule has 2 atom stereocenters. The first-order chi connectivity index (χ1) is 14.3. The van der Waals surface area contributed by atoms with Crippen LogP contribution in [0.5, 0.6) is 11.5 Å².